The number of carbonyl (C=O) groups excluding carboxylic acids is 2. The fourth-order valence-electron chi connectivity index (χ4n) is 4.33. The van der Waals surface area contributed by atoms with Crippen molar-refractivity contribution >= 4 is 17.8 Å². The Morgan fingerprint density at radius 3 is 2.33 bits per heavy atom. The van der Waals surface area contributed by atoms with Crippen molar-refractivity contribution in [2.45, 2.75) is 39.7 Å². The fraction of sp³-hybridized carbons (Fsp3) is 0.233. The van der Waals surface area contributed by atoms with E-state index in [9.17, 15) is 9.59 Å². The molecule has 1 saturated carbocycles. The van der Waals surface area contributed by atoms with Crippen LogP contribution in [0.15, 0.2) is 79.0 Å². The molecule has 5 rings (SSSR count). The number of carbonyl (C=O) groups is 2. The lowest BCUT2D eigenvalue weighted by Gasteiger charge is -2.23. The molecule has 0 atom stereocenters. The Kier molecular flexibility index (Phi) is 6.42. The minimum Gasteiger partial charge on any atom is -0.326 e. The Balaban J connectivity index is 1.43. The van der Waals surface area contributed by atoms with Gasteiger partial charge >= 0.3 is 0 Å². The molecule has 6 heteroatoms. The monoisotopic (exact) mass is 478 g/mol. The second-order valence-corrected chi connectivity index (χ2v) is 9.48. The largest absolute Gasteiger partial charge is 0.326 e. The number of imidazole rings is 1. The fourth-order valence-corrected chi connectivity index (χ4v) is 4.33. The molecule has 6 nitrogen and oxygen atoms in total. The highest BCUT2D eigenvalue weighted by Crippen LogP contribution is 2.29. The number of hydrogen-bond donors (Lipinski definition) is 1. The second kappa shape index (κ2) is 9.82. The SMILES string of the molecule is Cc1ccc(-n2cc(-c3ccccc3)nc2NC(=O)CN(C(=O)c2ccccc2C)C2CC2)cc1C. The van der Waals surface area contributed by atoms with Crippen LogP contribution in [0.4, 0.5) is 5.95 Å². The summed E-state index contributed by atoms with van der Waals surface area (Å²) in [5.74, 6) is 0.0635. The summed E-state index contributed by atoms with van der Waals surface area (Å²) in [7, 11) is 0. The second-order valence-electron chi connectivity index (χ2n) is 9.48. The molecule has 1 aliphatic carbocycles. The Morgan fingerprint density at radius 2 is 1.64 bits per heavy atom. The third-order valence-electron chi connectivity index (χ3n) is 6.73. The molecule has 1 N–H and O–H groups in total. The molecule has 182 valence electrons. The van der Waals surface area contributed by atoms with Crippen LogP contribution in [0.5, 0.6) is 0 Å². The van der Waals surface area contributed by atoms with E-state index in [4.69, 9.17) is 4.98 Å². The summed E-state index contributed by atoms with van der Waals surface area (Å²) in [5.41, 5.74) is 6.54. The van der Waals surface area contributed by atoms with Gasteiger partial charge in [-0.15, -0.1) is 0 Å². The molecule has 0 unspecified atom stereocenters. The quantitative estimate of drug-likeness (QED) is 0.370. The molecule has 0 spiro atoms. The number of aryl methyl sites for hydroxylation is 3. The van der Waals surface area contributed by atoms with E-state index in [2.05, 4.69) is 31.3 Å². The standard InChI is InChI=1S/C30H30N4O2/c1-20-13-14-25(17-22(20)3)34-18-27(23-10-5-4-6-11-23)31-30(34)32-28(35)19-33(24-15-16-24)29(36)26-12-8-7-9-21(26)2/h4-14,17-18,24H,15-16,19H2,1-3H3,(H,31,32,35). The van der Waals surface area contributed by atoms with Gasteiger partial charge in [0.05, 0.1) is 5.69 Å². The number of nitrogens with zero attached hydrogens (tertiary/aromatic N) is 3. The molecule has 36 heavy (non-hydrogen) atoms. The predicted octanol–water partition coefficient (Wildman–Crippen LogP) is 5.71. The van der Waals surface area contributed by atoms with Gasteiger partial charge in [-0.05, 0) is 68.5 Å². The number of aromatic nitrogens is 2. The molecule has 4 aromatic rings. The van der Waals surface area contributed by atoms with Gasteiger partial charge in [0.1, 0.15) is 6.54 Å². The average Bonchev–Trinajstić information content (AvgIpc) is 3.64. The molecule has 0 bridgehead atoms. The first-order valence-electron chi connectivity index (χ1n) is 12.3. The van der Waals surface area contributed by atoms with Gasteiger partial charge in [-0.25, -0.2) is 4.98 Å². The van der Waals surface area contributed by atoms with Crippen LogP contribution in [0.2, 0.25) is 0 Å². The molecule has 3 aromatic carbocycles. The predicted molar refractivity (Wildman–Crippen MR) is 142 cm³/mol. The number of hydrogen-bond acceptors (Lipinski definition) is 3. The average molecular weight is 479 g/mol. The van der Waals surface area contributed by atoms with Gasteiger partial charge in [0.25, 0.3) is 5.91 Å². The number of nitrogens with one attached hydrogen (secondary N) is 1. The van der Waals surface area contributed by atoms with Crippen LogP contribution >= 0.6 is 0 Å². The number of rotatable bonds is 7. The van der Waals surface area contributed by atoms with Crippen molar-refractivity contribution < 1.29 is 9.59 Å². The van der Waals surface area contributed by atoms with E-state index >= 15 is 0 Å². The third kappa shape index (κ3) is 4.93. The summed E-state index contributed by atoms with van der Waals surface area (Å²) < 4.78 is 1.90. The van der Waals surface area contributed by atoms with E-state index in [-0.39, 0.29) is 24.4 Å². The lowest BCUT2D eigenvalue weighted by Crippen LogP contribution is -2.40. The molecular formula is C30H30N4O2. The summed E-state index contributed by atoms with van der Waals surface area (Å²) in [6, 6.07) is 23.7. The van der Waals surface area contributed by atoms with E-state index < -0.39 is 0 Å². The highest BCUT2D eigenvalue weighted by atomic mass is 16.2. The first-order valence-corrected chi connectivity index (χ1v) is 12.3. The van der Waals surface area contributed by atoms with Gasteiger partial charge in [-0.1, -0.05) is 54.6 Å². The normalized spacial score (nSPS) is 12.9. The van der Waals surface area contributed by atoms with Crippen LogP contribution < -0.4 is 5.32 Å². The van der Waals surface area contributed by atoms with Crippen molar-refractivity contribution in [2.75, 3.05) is 11.9 Å². The van der Waals surface area contributed by atoms with Gasteiger partial charge < -0.3 is 4.90 Å². The molecular weight excluding hydrogens is 448 g/mol. The van der Waals surface area contributed by atoms with Gasteiger partial charge in [-0.2, -0.15) is 0 Å². The lowest BCUT2D eigenvalue weighted by atomic mass is 10.1. The zero-order valence-electron chi connectivity index (χ0n) is 20.9. The Labute approximate surface area is 211 Å². The molecule has 1 aliphatic rings. The van der Waals surface area contributed by atoms with Gasteiger partial charge in [-0.3, -0.25) is 19.5 Å². The molecule has 0 radical (unpaired) electrons. The van der Waals surface area contributed by atoms with Crippen molar-refractivity contribution in [1.29, 1.82) is 0 Å². The topological polar surface area (TPSA) is 67.2 Å². The third-order valence-corrected chi connectivity index (χ3v) is 6.73. The number of amides is 2. The smallest absolute Gasteiger partial charge is 0.254 e. The molecule has 0 saturated heterocycles. The summed E-state index contributed by atoms with van der Waals surface area (Å²) in [6.45, 7) is 6.04. The van der Waals surface area contributed by atoms with E-state index in [1.54, 1.807) is 4.90 Å². The van der Waals surface area contributed by atoms with E-state index in [1.165, 1.54) is 5.56 Å². The van der Waals surface area contributed by atoms with Crippen molar-refractivity contribution in [3.63, 3.8) is 0 Å². The van der Waals surface area contributed by atoms with Gasteiger partial charge in [0, 0.05) is 29.1 Å². The van der Waals surface area contributed by atoms with Crippen LogP contribution in [0.3, 0.4) is 0 Å². The van der Waals surface area contributed by atoms with Crippen molar-refractivity contribution in [2.24, 2.45) is 0 Å². The maximum Gasteiger partial charge on any atom is 0.254 e. The first-order chi connectivity index (χ1) is 17.4. The van der Waals surface area contributed by atoms with Crippen LogP contribution in [-0.4, -0.2) is 38.9 Å². The first kappa shape index (κ1) is 23.5. The highest BCUT2D eigenvalue weighted by molar-refractivity contribution is 6.00. The van der Waals surface area contributed by atoms with E-state index in [1.807, 2.05) is 78.4 Å². The summed E-state index contributed by atoms with van der Waals surface area (Å²) >= 11 is 0. The molecule has 1 aromatic heterocycles. The van der Waals surface area contributed by atoms with Crippen molar-refractivity contribution in [1.82, 2.24) is 14.5 Å². The van der Waals surface area contributed by atoms with Crippen molar-refractivity contribution in [3.8, 4) is 16.9 Å². The minimum absolute atomic E-state index is 0.0156. The zero-order chi connectivity index (χ0) is 25.2. The van der Waals surface area contributed by atoms with E-state index in [0.717, 1.165) is 40.9 Å². The maximum absolute atomic E-state index is 13.3. The number of benzene rings is 3. The zero-order valence-corrected chi connectivity index (χ0v) is 20.9. The Bertz CT molecular complexity index is 1420. The number of anilines is 1. The van der Waals surface area contributed by atoms with E-state index in [0.29, 0.717) is 11.5 Å². The van der Waals surface area contributed by atoms with Crippen molar-refractivity contribution in [3.05, 3.63) is 101 Å². The Morgan fingerprint density at radius 1 is 0.917 bits per heavy atom. The maximum atomic E-state index is 13.3. The molecule has 2 amide bonds. The summed E-state index contributed by atoms with van der Waals surface area (Å²) in [4.78, 5) is 33.0. The van der Waals surface area contributed by atoms with Gasteiger partial charge in [0.15, 0.2) is 0 Å². The minimum atomic E-state index is -0.265. The highest BCUT2D eigenvalue weighted by Gasteiger charge is 2.35. The molecule has 0 aliphatic heterocycles. The summed E-state index contributed by atoms with van der Waals surface area (Å²) in [6.07, 6.45) is 3.77. The van der Waals surface area contributed by atoms with Crippen LogP contribution in [0.25, 0.3) is 16.9 Å². The van der Waals surface area contributed by atoms with Gasteiger partial charge in [0.2, 0.25) is 11.9 Å². The summed E-state index contributed by atoms with van der Waals surface area (Å²) in [5, 5.41) is 2.99. The molecule has 1 heterocycles. The lowest BCUT2D eigenvalue weighted by molar-refractivity contribution is -0.117. The molecule has 1 fully saturated rings. The van der Waals surface area contributed by atoms with Crippen LogP contribution in [0.1, 0.15) is 39.9 Å². The van der Waals surface area contributed by atoms with Crippen LogP contribution in [-0.2, 0) is 4.79 Å². The van der Waals surface area contributed by atoms with Crippen LogP contribution in [0, 0.1) is 20.8 Å². The Hall–Kier alpha value is -4.19.